The summed E-state index contributed by atoms with van der Waals surface area (Å²) in [6, 6.07) is 0. The Bertz CT molecular complexity index is 147. The molecule has 1 heteroatoms. The monoisotopic (exact) mass is 138 g/mol. The van der Waals surface area contributed by atoms with Crippen LogP contribution in [-0.4, -0.2) is 5.78 Å². The van der Waals surface area contributed by atoms with Crippen molar-refractivity contribution in [3.8, 4) is 0 Å². The molecule has 0 aromatic rings. The average Bonchev–Trinajstić information content (AvgIpc) is 2.62. The second-order valence-corrected chi connectivity index (χ2v) is 3.73. The van der Waals surface area contributed by atoms with Gasteiger partial charge in [0.25, 0.3) is 0 Å². The van der Waals surface area contributed by atoms with Crippen LogP contribution in [0.25, 0.3) is 0 Å². The molecule has 0 bridgehead atoms. The fraction of sp³-hybridized carbons (Fsp3) is 0.889. The van der Waals surface area contributed by atoms with E-state index in [1.807, 2.05) is 0 Å². The molecule has 2 saturated carbocycles. The maximum absolute atomic E-state index is 11.1. The summed E-state index contributed by atoms with van der Waals surface area (Å²) in [6.07, 6.45) is 7.23. The molecule has 0 N–H and O–H groups in total. The third-order valence-electron chi connectivity index (χ3n) is 2.75. The lowest BCUT2D eigenvalue weighted by atomic mass is 10.0. The van der Waals surface area contributed by atoms with Gasteiger partial charge in [-0.3, -0.25) is 4.79 Å². The highest BCUT2D eigenvalue weighted by molar-refractivity contribution is 5.82. The second-order valence-electron chi connectivity index (χ2n) is 3.73. The zero-order chi connectivity index (χ0) is 6.97. The molecule has 0 aromatic carbocycles. The van der Waals surface area contributed by atoms with Crippen LogP contribution in [0.3, 0.4) is 0 Å². The smallest absolute Gasteiger partial charge is 0.135 e. The van der Waals surface area contributed by atoms with Crippen LogP contribution >= 0.6 is 0 Å². The molecule has 2 fully saturated rings. The topological polar surface area (TPSA) is 17.1 Å². The molecular weight excluding hydrogens is 124 g/mol. The van der Waals surface area contributed by atoms with Crippen LogP contribution in [0.15, 0.2) is 0 Å². The molecule has 1 unspecified atom stereocenters. The Labute approximate surface area is 61.8 Å². The van der Waals surface area contributed by atoms with E-state index >= 15 is 0 Å². The van der Waals surface area contributed by atoms with Crippen LogP contribution in [0.5, 0.6) is 0 Å². The minimum atomic E-state index is 0.479. The largest absolute Gasteiger partial charge is 0.299 e. The Kier molecular flexibility index (Phi) is 1.51. The van der Waals surface area contributed by atoms with Gasteiger partial charge in [0, 0.05) is 12.3 Å². The van der Waals surface area contributed by atoms with E-state index in [0.717, 1.165) is 18.8 Å². The van der Waals surface area contributed by atoms with Crippen LogP contribution in [-0.2, 0) is 4.79 Å². The first kappa shape index (κ1) is 6.38. The minimum Gasteiger partial charge on any atom is -0.299 e. The number of ketones is 1. The van der Waals surface area contributed by atoms with Crippen molar-refractivity contribution in [1.29, 1.82) is 0 Å². The first-order valence-electron chi connectivity index (χ1n) is 4.39. The highest BCUT2D eigenvalue weighted by atomic mass is 16.1. The van der Waals surface area contributed by atoms with E-state index in [1.165, 1.54) is 25.7 Å². The summed E-state index contributed by atoms with van der Waals surface area (Å²) in [4.78, 5) is 11.1. The molecule has 2 rings (SSSR count). The summed E-state index contributed by atoms with van der Waals surface area (Å²) >= 11 is 0. The highest BCUT2D eigenvalue weighted by Crippen LogP contribution is 2.39. The lowest BCUT2D eigenvalue weighted by molar-refractivity contribution is -0.120. The highest BCUT2D eigenvalue weighted by Gasteiger charge is 2.31. The summed E-state index contributed by atoms with van der Waals surface area (Å²) in [5, 5.41) is 0. The van der Waals surface area contributed by atoms with Gasteiger partial charge in [0.2, 0.25) is 0 Å². The number of carbonyl (C=O) groups is 1. The molecule has 0 aliphatic heterocycles. The van der Waals surface area contributed by atoms with Crippen molar-refractivity contribution in [1.82, 2.24) is 0 Å². The SMILES string of the molecule is O=C1CCCC1CC1CC1. The molecule has 0 amide bonds. The summed E-state index contributed by atoms with van der Waals surface area (Å²) in [5.41, 5.74) is 0. The van der Waals surface area contributed by atoms with Gasteiger partial charge in [0.05, 0.1) is 0 Å². The molecule has 1 atom stereocenters. The Morgan fingerprint density at radius 3 is 2.60 bits per heavy atom. The maximum atomic E-state index is 11.1. The zero-order valence-corrected chi connectivity index (χ0v) is 6.31. The molecule has 0 spiro atoms. The number of Topliss-reactive ketones (excluding diaryl/α,β-unsaturated/α-hetero) is 1. The van der Waals surface area contributed by atoms with Crippen molar-refractivity contribution in [3.63, 3.8) is 0 Å². The molecule has 0 radical (unpaired) electrons. The summed E-state index contributed by atoms with van der Waals surface area (Å²) in [7, 11) is 0. The third-order valence-corrected chi connectivity index (χ3v) is 2.75. The fourth-order valence-corrected chi connectivity index (χ4v) is 1.89. The van der Waals surface area contributed by atoms with Crippen molar-refractivity contribution in [2.75, 3.05) is 0 Å². The van der Waals surface area contributed by atoms with Crippen molar-refractivity contribution >= 4 is 5.78 Å². The van der Waals surface area contributed by atoms with Gasteiger partial charge < -0.3 is 0 Å². The lowest BCUT2D eigenvalue weighted by Crippen LogP contribution is -2.06. The molecule has 2 aliphatic rings. The quantitative estimate of drug-likeness (QED) is 0.571. The van der Waals surface area contributed by atoms with Crippen molar-refractivity contribution in [2.24, 2.45) is 11.8 Å². The predicted molar refractivity (Wildman–Crippen MR) is 39.7 cm³/mol. The van der Waals surface area contributed by atoms with Gasteiger partial charge in [-0.15, -0.1) is 0 Å². The first-order chi connectivity index (χ1) is 4.86. The number of hydrogen-bond donors (Lipinski definition) is 0. The van der Waals surface area contributed by atoms with Crippen molar-refractivity contribution in [2.45, 2.75) is 38.5 Å². The molecule has 1 nitrogen and oxygen atoms in total. The van der Waals surface area contributed by atoms with Crippen molar-refractivity contribution < 1.29 is 4.79 Å². The predicted octanol–water partition coefficient (Wildman–Crippen LogP) is 2.16. The van der Waals surface area contributed by atoms with E-state index in [4.69, 9.17) is 0 Å². The number of carbonyl (C=O) groups excluding carboxylic acids is 1. The molecule has 0 heterocycles. The molecule has 0 aromatic heterocycles. The van der Waals surface area contributed by atoms with Gasteiger partial charge in [-0.1, -0.05) is 12.8 Å². The normalized spacial score (nSPS) is 33.2. The first-order valence-corrected chi connectivity index (χ1v) is 4.39. The van der Waals surface area contributed by atoms with E-state index < -0.39 is 0 Å². The second kappa shape index (κ2) is 2.37. The van der Waals surface area contributed by atoms with Crippen LogP contribution < -0.4 is 0 Å². The Hall–Kier alpha value is -0.330. The van der Waals surface area contributed by atoms with Gasteiger partial charge in [-0.2, -0.15) is 0 Å². The number of hydrogen-bond acceptors (Lipinski definition) is 1. The standard InChI is InChI=1S/C9H14O/c10-9-3-1-2-8(9)6-7-4-5-7/h7-8H,1-6H2. The van der Waals surface area contributed by atoms with E-state index in [1.54, 1.807) is 0 Å². The van der Waals surface area contributed by atoms with Gasteiger partial charge in [-0.05, 0) is 25.2 Å². The Balaban J connectivity index is 1.84. The van der Waals surface area contributed by atoms with E-state index in [9.17, 15) is 4.79 Å². The molecular formula is C9H14O. The molecule has 2 aliphatic carbocycles. The van der Waals surface area contributed by atoms with Crippen LogP contribution in [0.4, 0.5) is 0 Å². The summed E-state index contributed by atoms with van der Waals surface area (Å²) in [5.74, 6) is 1.96. The molecule has 10 heavy (non-hydrogen) atoms. The fourth-order valence-electron chi connectivity index (χ4n) is 1.89. The molecule has 0 saturated heterocycles. The van der Waals surface area contributed by atoms with Gasteiger partial charge in [0.15, 0.2) is 0 Å². The lowest BCUT2D eigenvalue weighted by Gasteiger charge is -2.03. The number of rotatable bonds is 2. The van der Waals surface area contributed by atoms with E-state index in [-0.39, 0.29) is 0 Å². The van der Waals surface area contributed by atoms with E-state index in [0.29, 0.717) is 11.7 Å². The van der Waals surface area contributed by atoms with Gasteiger partial charge >= 0.3 is 0 Å². The van der Waals surface area contributed by atoms with Crippen LogP contribution in [0, 0.1) is 11.8 Å². The van der Waals surface area contributed by atoms with Gasteiger partial charge in [0.1, 0.15) is 5.78 Å². The van der Waals surface area contributed by atoms with Crippen molar-refractivity contribution in [3.05, 3.63) is 0 Å². The molecule has 56 valence electrons. The van der Waals surface area contributed by atoms with Crippen LogP contribution in [0.1, 0.15) is 38.5 Å². The Morgan fingerprint density at radius 1 is 1.30 bits per heavy atom. The Morgan fingerprint density at radius 2 is 2.10 bits per heavy atom. The zero-order valence-electron chi connectivity index (χ0n) is 6.31. The average molecular weight is 138 g/mol. The van der Waals surface area contributed by atoms with E-state index in [2.05, 4.69) is 0 Å². The van der Waals surface area contributed by atoms with Gasteiger partial charge in [-0.25, -0.2) is 0 Å². The third kappa shape index (κ3) is 1.23. The summed E-state index contributed by atoms with van der Waals surface area (Å²) < 4.78 is 0. The summed E-state index contributed by atoms with van der Waals surface area (Å²) in [6.45, 7) is 0. The minimum absolute atomic E-state index is 0.479. The maximum Gasteiger partial charge on any atom is 0.135 e. The van der Waals surface area contributed by atoms with Crippen LogP contribution in [0.2, 0.25) is 0 Å².